The summed E-state index contributed by atoms with van der Waals surface area (Å²) in [5.74, 6) is -0.112. The van der Waals surface area contributed by atoms with Gasteiger partial charge in [-0.15, -0.1) is 0 Å². The van der Waals surface area contributed by atoms with Crippen LogP contribution in [0.1, 0.15) is 71.2 Å². The predicted octanol–water partition coefficient (Wildman–Crippen LogP) is 6.29. The van der Waals surface area contributed by atoms with E-state index in [-0.39, 0.29) is 17.8 Å². The number of carbonyl (C=O) groups is 2. The molecule has 194 valence electrons. The molecule has 3 aromatic carbocycles. The van der Waals surface area contributed by atoms with Gasteiger partial charge in [-0.2, -0.15) is 0 Å². The van der Waals surface area contributed by atoms with Crippen LogP contribution in [0.2, 0.25) is 0 Å². The lowest BCUT2D eigenvalue weighted by atomic mass is 9.98. The van der Waals surface area contributed by atoms with Gasteiger partial charge in [0, 0.05) is 5.69 Å². The Morgan fingerprint density at radius 1 is 0.921 bits per heavy atom. The van der Waals surface area contributed by atoms with Gasteiger partial charge in [0.1, 0.15) is 11.3 Å². The second-order valence-corrected chi connectivity index (χ2v) is 9.14. The quantitative estimate of drug-likeness (QED) is 0.194. The normalized spacial score (nSPS) is 14.5. The molecule has 0 fully saturated rings. The summed E-state index contributed by atoms with van der Waals surface area (Å²) in [5.41, 5.74) is 2.06. The van der Waals surface area contributed by atoms with Gasteiger partial charge < -0.3 is 13.9 Å². The van der Waals surface area contributed by atoms with Crippen LogP contribution in [0.4, 0.5) is 5.69 Å². The van der Waals surface area contributed by atoms with Gasteiger partial charge in [0.05, 0.1) is 35.8 Å². The molecule has 0 bridgehead atoms. The smallest absolute Gasteiger partial charge is 0.338 e. The molecule has 4 aromatic rings. The van der Waals surface area contributed by atoms with Crippen LogP contribution in [-0.2, 0) is 4.74 Å². The number of unbranched alkanes of at least 4 members (excludes halogenated alkanes) is 2. The average molecular weight is 512 g/mol. The summed E-state index contributed by atoms with van der Waals surface area (Å²) < 4.78 is 16.9. The Balaban J connectivity index is 1.57. The van der Waals surface area contributed by atoms with Crippen LogP contribution in [0.5, 0.6) is 5.75 Å². The zero-order valence-corrected chi connectivity index (χ0v) is 21.4. The van der Waals surface area contributed by atoms with Crippen molar-refractivity contribution in [3.63, 3.8) is 0 Å². The van der Waals surface area contributed by atoms with Crippen LogP contribution in [0.25, 0.3) is 11.0 Å². The van der Waals surface area contributed by atoms with Gasteiger partial charge in [0.2, 0.25) is 5.76 Å². The van der Waals surface area contributed by atoms with Crippen LogP contribution < -0.4 is 15.1 Å². The minimum atomic E-state index is -0.707. The molecule has 1 aromatic heterocycles. The number of amides is 1. The number of rotatable bonds is 9. The molecule has 1 amide bonds. The van der Waals surface area contributed by atoms with E-state index in [9.17, 15) is 14.4 Å². The van der Waals surface area contributed by atoms with Crippen LogP contribution in [-0.4, -0.2) is 25.1 Å². The lowest BCUT2D eigenvalue weighted by Crippen LogP contribution is -2.29. The maximum absolute atomic E-state index is 13.7. The zero-order valence-electron chi connectivity index (χ0n) is 21.4. The van der Waals surface area contributed by atoms with E-state index in [1.807, 2.05) is 24.3 Å². The largest absolute Gasteiger partial charge is 0.494 e. The average Bonchev–Trinajstić information content (AvgIpc) is 3.24. The van der Waals surface area contributed by atoms with Gasteiger partial charge in [0.15, 0.2) is 5.43 Å². The summed E-state index contributed by atoms with van der Waals surface area (Å²) in [4.78, 5) is 41.1. The molecule has 0 saturated carbocycles. The molecule has 0 spiro atoms. The van der Waals surface area contributed by atoms with E-state index in [0.29, 0.717) is 34.4 Å². The molecule has 0 aliphatic carbocycles. The second kappa shape index (κ2) is 10.9. The van der Waals surface area contributed by atoms with Crippen molar-refractivity contribution >= 4 is 28.5 Å². The van der Waals surface area contributed by atoms with E-state index in [2.05, 4.69) is 6.92 Å². The molecule has 1 aliphatic heterocycles. The van der Waals surface area contributed by atoms with Crippen LogP contribution in [0.3, 0.4) is 0 Å². The molecular weight excluding hydrogens is 482 g/mol. The highest BCUT2D eigenvalue weighted by Crippen LogP contribution is 2.41. The van der Waals surface area contributed by atoms with E-state index >= 15 is 0 Å². The van der Waals surface area contributed by atoms with Crippen molar-refractivity contribution in [3.05, 3.63) is 105 Å². The monoisotopic (exact) mass is 511 g/mol. The lowest BCUT2D eigenvalue weighted by Gasteiger charge is -2.25. The molecule has 0 radical (unpaired) electrons. The third-order valence-corrected chi connectivity index (χ3v) is 6.65. The van der Waals surface area contributed by atoms with Crippen molar-refractivity contribution in [2.24, 2.45) is 0 Å². The summed E-state index contributed by atoms with van der Waals surface area (Å²) in [6.07, 6.45) is 3.20. The van der Waals surface area contributed by atoms with Crippen molar-refractivity contribution in [3.8, 4) is 5.75 Å². The highest BCUT2D eigenvalue weighted by molar-refractivity contribution is 6.10. The molecule has 2 heterocycles. The first-order valence-corrected chi connectivity index (χ1v) is 12.9. The van der Waals surface area contributed by atoms with E-state index in [4.69, 9.17) is 13.9 Å². The van der Waals surface area contributed by atoms with Gasteiger partial charge in [-0.1, -0.05) is 44.0 Å². The molecule has 7 nitrogen and oxygen atoms in total. The summed E-state index contributed by atoms with van der Waals surface area (Å²) in [6.45, 7) is 4.78. The number of hydrogen-bond donors (Lipinski definition) is 0. The first-order chi connectivity index (χ1) is 18.5. The first kappa shape index (κ1) is 25.3. The van der Waals surface area contributed by atoms with Crippen LogP contribution in [0, 0.1) is 0 Å². The molecule has 0 saturated heterocycles. The number of fused-ring (bicyclic) bond motifs is 2. The highest BCUT2D eigenvalue weighted by Gasteiger charge is 2.43. The SMILES string of the molecule is CCCCCOc1ccc(C2c3c(oc4ccccc4c3=O)C(=O)N2c2ccc(C(=O)OCC)cc2)cc1. The molecular formula is C31H29NO6. The number of ether oxygens (including phenoxy) is 2. The molecule has 0 N–H and O–H groups in total. The van der Waals surface area contributed by atoms with Crippen molar-refractivity contribution in [2.45, 2.75) is 39.2 Å². The van der Waals surface area contributed by atoms with Gasteiger partial charge in [-0.25, -0.2) is 4.79 Å². The van der Waals surface area contributed by atoms with Crippen molar-refractivity contribution in [1.82, 2.24) is 0 Å². The van der Waals surface area contributed by atoms with Crippen LogP contribution in [0.15, 0.2) is 82.0 Å². The summed E-state index contributed by atoms with van der Waals surface area (Å²) >= 11 is 0. The fraction of sp³-hybridized carbons (Fsp3) is 0.258. The number of nitrogens with zero attached hydrogens (tertiary/aromatic N) is 1. The molecule has 1 unspecified atom stereocenters. The van der Waals surface area contributed by atoms with Crippen molar-refractivity contribution < 1.29 is 23.5 Å². The van der Waals surface area contributed by atoms with E-state index in [1.165, 1.54) is 0 Å². The Hall–Kier alpha value is -4.39. The van der Waals surface area contributed by atoms with Crippen molar-refractivity contribution in [2.75, 3.05) is 18.1 Å². The number of anilines is 1. The number of carbonyl (C=O) groups excluding carboxylic acids is 2. The molecule has 7 heteroatoms. The Morgan fingerprint density at radius 2 is 1.66 bits per heavy atom. The fourth-order valence-electron chi connectivity index (χ4n) is 4.76. The minimum absolute atomic E-state index is 0.0214. The highest BCUT2D eigenvalue weighted by atomic mass is 16.5. The van der Waals surface area contributed by atoms with Gasteiger partial charge in [0.25, 0.3) is 5.91 Å². The topological polar surface area (TPSA) is 86.0 Å². The van der Waals surface area contributed by atoms with Gasteiger partial charge >= 0.3 is 5.97 Å². The minimum Gasteiger partial charge on any atom is -0.494 e. The molecule has 1 atom stereocenters. The van der Waals surface area contributed by atoms with Crippen LogP contribution >= 0.6 is 0 Å². The van der Waals surface area contributed by atoms with E-state index in [0.717, 1.165) is 30.6 Å². The lowest BCUT2D eigenvalue weighted by molar-refractivity contribution is 0.0526. The number of hydrogen-bond acceptors (Lipinski definition) is 6. The molecule has 1 aliphatic rings. The zero-order chi connectivity index (χ0) is 26.6. The summed E-state index contributed by atoms with van der Waals surface area (Å²) in [5, 5.41) is 0.416. The van der Waals surface area contributed by atoms with Crippen molar-refractivity contribution in [1.29, 1.82) is 0 Å². The number of para-hydroxylation sites is 1. The second-order valence-electron chi connectivity index (χ2n) is 9.14. The Labute approximate surface area is 220 Å². The fourth-order valence-corrected chi connectivity index (χ4v) is 4.76. The third kappa shape index (κ3) is 4.67. The predicted molar refractivity (Wildman–Crippen MR) is 145 cm³/mol. The molecule has 38 heavy (non-hydrogen) atoms. The maximum Gasteiger partial charge on any atom is 0.338 e. The standard InChI is InChI=1S/C31H29NO6/c1-3-5-8-19-37-23-17-13-20(14-18-23)27-26-28(33)24-9-6-7-10-25(24)38-29(26)30(34)32(27)22-15-11-21(12-16-22)31(35)36-4-2/h6-7,9-18,27H,3-5,8,19H2,1-2H3. The Morgan fingerprint density at radius 3 is 2.37 bits per heavy atom. The number of esters is 1. The first-order valence-electron chi connectivity index (χ1n) is 12.9. The van der Waals surface area contributed by atoms with E-state index in [1.54, 1.807) is 60.4 Å². The Kier molecular flexibility index (Phi) is 7.26. The molecule has 5 rings (SSSR count). The van der Waals surface area contributed by atoms with E-state index < -0.39 is 17.9 Å². The maximum atomic E-state index is 13.7. The Bertz CT molecular complexity index is 1520. The summed E-state index contributed by atoms with van der Waals surface area (Å²) in [6, 6.07) is 20.2. The number of benzene rings is 3. The van der Waals surface area contributed by atoms with Gasteiger partial charge in [-0.3, -0.25) is 14.5 Å². The summed E-state index contributed by atoms with van der Waals surface area (Å²) in [7, 11) is 0. The van der Waals surface area contributed by atoms with Gasteiger partial charge in [-0.05, 0) is 67.4 Å². The third-order valence-electron chi connectivity index (χ3n) is 6.65.